The van der Waals surface area contributed by atoms with Crippen LogP contribution in [0.2, 0.25) is 0 Å². The minimum absolute atomic E-state index is 0.0928. The molecule has 6 aliphatic rings. The van der Waals surface area contributed by atoms with E-state index in [1.165, 1.54) is 5.57 Å². The third-order valence-electron chi connectivity index (χ3n) is 16.5. The summed E-state index contributed by atoms with van der Waals surface area (Å²) in [4.78, 5) is 38.1. The molecule has 6 fully saturated rings. The molecule has 0 aromatic rings. The highest BCUT2D eigenvalue weighted by Crippen LogP contribution is 2.77. The lowest BCUT2D eigenvalue weighted by molar-refractivity contribution is -0.252. The third-order valence-corrected chi connectivity index (χ3v) is 16.5. The second-order valence-corrected chi connectivity index (χ2v) is 18.4. The van der Waals surface area contributed by atoms with Crippen molar-refractivity contribution >= 4 is 17.9 Å². The van der Waals surface area contributed by atoms with Gasteiger partial charge in [0.05, 0.1) is 17.3 Å². The summed E-state index contributed by atoms with van der Waals surface area (Å²) in [6.07, 6.45) is 10.1. The largest absolute Gasteiger partial charge is 0.481 e. The van der Waals surface area contributed by atoms with E-state index < -0.39 is 28.7 Å². The van der Waals surface area contributed by atoms with E-state index in [0.29, 0.717) is 30.1 Å². The standard InChI is InChI=1S/C38H58O6/c1-21(2)22-12-17-38(32(42)43)19-18-36(8)23(29(22)38)10-11-27-35(7)15-14-28(34(5,6)26(35)13-16-37(27,36)9)44-31(41)25-20-24(30(39)40)33(25,3)4/h22-29H,1,10-20H2,2-9H3,(H,39,40)(H,42,43)/t22-,23+,24?,25?,26-,27+,28-,29+,35-,36+,37+,38-/m0/s1. The second-order valence-electron chi connectivity index (χ2n) is 18.4. The van der Waals surface area contributed by atoms with Crippen molar-refractivity contribution in [1.82, 2.24) is 0 Å². The zero-order valence-electron chi connectivity index (χ0n) is 28.6. The van der Waals surface area contributed by atoms with Gasteiger partial charge in [0.15, 0.2) is 0 Å². The highest BCUT2D eigenvalue weighted by Gasteiger charge is 2.72. The fourth-order valence-electron chi connectivity index (χ4n) is 13.7. The number of carboxylic acids is 2. The quantitative estimate of drug-likeness (QED) is 0.240. The van der Waals surface area contributed by atoms with Crippen LogP contribution in [0.1, 0.15) is 126 Å². The van der Waals surface area contributed by atoms with Crippen LogP contribution >= 0.6 is 0 Å². The molecular formula is C38H58O6. The van der Waals surface area contributed by atoms with E-state index in [-0.39, 0.29) is 45.6 Å². The number of aliphatic carboxylic acids is 2. The first-order valence-electron chi connectivity index (χ1n) is 17.6. The molecule has 6 rings (SSSR count). The van der Waals surface area contributed by atoms with Crippen molar-refractivity contribution in [3.63, 3.8) is 0 Å². The van der Waals surface area contributed by atoms with E-state index in [9.17, 15) is 24.6 Å². The van der Waals surface area contributed by atoms with Gasteiger partial charge in [-0.1, -0.05) is 60.6 Å². The maximum absolute atomic E-state index is 13.5. The second kappa shape index (κ2) is 9.83. The van der Waals surface area contributed by atoms with Crippen LogP contribution in [0.25, 0.3) is 0 Å². The predicted molar refractivity (Wildman–Crippen MR) is 169 cm³/mol. The average molecular weight is 611 g/mol. The van der Waals surface area contributed by atoms with Gasteiger partial charge in [0, 0.05) is 5.41 Å². The molecular weight excluding hydrogens is 552 g/mol. The van der Waals surface area contributed by atoms with E-state index in [4.69, 9.17) is 4.74 Å². The number of esters is 1. The van der Waals surface area contributed by atoms with Gasteiger partial charge in [0.1, 0.15) is 6.10 Å². The summed E-state index contributed by atoms with van der Waals surface area (Å²) in [5, 5.41) is 20.2. The van der Waals surface area contributed by atoms with Crippen LogP contribution in [0.4, 0.5) is 0 Å². The van der Waals surface area contributed by atoms with Gasteiger partial charge >= 0.3 is 17.9 Å². The lowest BCUT2D eigenvalue weighted by Gasteiger charge is -2.72. The lowest BCUT2D eigenvalue weighted by Crippen LogP contribution is -2.67. The molecule has 0 aromatic heterocycles. The van der Waals surface area contributed by atoms with Gasteiger partial charge in [0.25, 0.3) is 0 Å². The fourth-order valence-corrected chi connectivity index (χ4v) is 13.7. The molecule has 6 heteroatoms. The average Bonchev–Trinajstić information content (AvgIpc) is 3.31. The molecule has 0 aromatic carbocycles. The molecule has 12 atom stereocenters. The molecule has 0 bridgehead atoms. The Morgan fingerprint density at radius 1 is 0.727 bits per heavy atom. The van der Waals surface area contributed by atoms with Crippen LogP contribution in [0.5, 0.6) is 0 Å². The first kappa shape index (κ1) is 32.1. The predicted octanol–water partition coefficient (Wildman–Crippen LogP) is 8.39. The summed E-state index contributed by atoms with van der Waals surface area (Å²) in [7, 11) is 0. The summed E-state index contributed by atoms with van der Waals surface area (Å²) < 4.78 is 6.35. The van der Waals surface area contributed by atoms with Gasteiger partial charge in [-0.05, 0) is 129 Å². The number of carbonyl (C=O) groups is 3. The van der Waals surface area contributed by atoms with Crippen molar-refractivity contribution in [1.29, 1.82) is 0 Å². The van der Waals surface area contributed by atoms with Crippen molar-refractivity contribution < 1.29 is 29.3 Å². The smallest absolute Gasteiger partial charge is 0.309 e. The number of rotatable bonds is 5. The Balaban J connectivity index is 1.25. The van der Waals surface area contributed by atoms with Gasteiger partial charge < -0.3 is 14.9 Å². The van der Waals surface area contributed by atoms with Crippen molar-refractivity contribution in [2.24, 2.45) is 73.9 Å². The highest BCUT2D eigenvalue weighted by atomic mass is 16.5. The lowest BCUT2D eigenvalue weighted by atomic mass is 9.32. The first-order chi connectivity index (χ1) is 20.3. The number of ether oxygens (including phenoxy) is 1. The maximum Gasteiger partial charge on any atom is 0.309 e. The SMILES string of the molecule is C=C(C)[C@@H]1CC[C@]2(C(=O)O)CC[C@]3(C)[C@H](CC[C@@H]4[C@@]5(C)CC[C@H](OC(=O)C6CC(C(=O)O)C6(C)C)C(C)(C)[C@@H]5CC[C@]43C)[C@@H]12. The summed E-state index contributed by atoms with van der Waals surface area (Å²) in [6, 6.07) is 0. The van der Waals surface area contributed by atoms with Gasteiger partial charge in [-0.25, -0.2) is 0 Å². The van der Waals surface area contributed by atoms with Crippen LogP contribution in [-0.2, 0) is 19.1 Å². The molecule has 0 saturated heterocycles. The number of hydrogen-bond donors (Lipinski definition) is 2. The maximum atomic E-state index is 13.5. The Morgan fingerprint density at radius 3 is 2.00 bits per heavy atom. The number of carboxylic acid groups (broad SMARTS) is 2. The van der Waals surface area contributed by atoms with Crippen LogP contribution in [-0.4, -0.2) is 34.2 Å². The van der Waals surface area contributed by atoms with Crippen molar-refractivity contribution in [3.8, 4) is 0 Å². The Hall–Kier alpha value is -1.85. The first-order valence-corrected chi connectivity index (χ1v) is 17.6. The molecule has 6 nitrogen and oxygen atoms in total. The normalized spacial score (nSPS) is 50.1. The van der Waals surface area contributed by atoms with Crippen LogP contribution in [0.3, 0.4) is 0 Å². The summed E-state index contributed by atoms with van der Waals surface area (Å²) in [6.45, 7) is 22.5. The number of hydrogen-bond acceptors (Lipinski definition) is 4. The number of fused-ring (bicyclic) bond motifs is 7. The van der Waals surface area contributed by atoms with Crippen molar-refractivity contribution in [2.45, 2.75) is 132 Å². The van der Waals surface area contributed by atoms with Gasteiger partial charge in [-0.2, -0.15) is 0 Å². The van der Waals surface area contributed by atoms with Gasteiger partial charge in [0.2, 0.25) is 0 Å². The van der Waals surface area contributed by atoms with E-state index in [1.807, 2.05) is 13.8 Å². The molecule has 44 heavy (non-hydrogen) atoms. The van der Waals surface area contributed by atoms with Crippen LogP contribution in [0, 0.1) is 73.9 Å². The van der Waals surface area contributed by atoms with E-state index >= 15 is 0 Å². The Bertz CT molecular complexity index is 1270. The minimum Gasteiger partial charge on any atom is -0.481 e. The number of allylic oxidation sites excluding steroid dienone is 1. The topological polar surface area (TPSA) is 101 Å². The van der Waals surface area contributed by atoms with Gasteiger partial charge in [-0.3, -0.25) is 14.4 Å². The van der Waals surface area contributed by atoms with E-state index in [2.05, 4.69) is 48.1 Å². The summed E-state index contributed by atoms with van der Waals surface area (Å²) >= 11 is 0. The molecule has 0 amide bonds. The number of carbonyl (C=O) groups excluding carboxylic acids is 1. The highest BCUT2D eigenvalue weighted by molar-refractivity contribution is 5.81. The monoisotopic (exact) mass is 610 g/mol. The molecule has 6 saturated carbocycles. The zero-order valence-corrected chi connectivity index (χ0v) is 28.6. The molecule has 0 spiro atoms. The molecule has 0 aliphatic heterocycles. The minimum atomic E-state index is -0.823. The van der Waals surface area contributed by atoms with Crippen molar-refractivity contribution in [3.05, 3.63) is 12.2 Å². The van der Waals surface area contributed by atoms with E-state index in [0.717, 1.165) is 64.2 Å². The molecule has 246 valence electrons. The summed E-state index contributed by atoms with van der Waals surface area (Å²) in [5.41, 5.74) is 0.166. The zero-order chi connectivity index (χ0) is 32.4. The van der Waals surface area contributed by atoms with Crippen LogP contribution < -0.4 is 0 Å². The summed E-state index contributed by atoms with van der Waals surface area (Å²) in [5.74, 6) is -0.593. The molecule has 2 N–H and O–H groups in total. The molecule has 0 radical (unpaired) electrons. The molecule has 0 heterocycles. The van der Waals surface area contributed by atoms with Crippen LogP contribution in [0.15, 0.2) is 12.2 Å². The van der Waals surface area contributed by atoms with Crippen molar-refractivity contribution in [2.75, 3.05) is 0 Å². The Morgan fingerprint density at radius 2 is 1.41 bits per heavy atom. The molecule has 2 unspecified atom stereocenters. The third kappa shape index (κ3) is 3.93. The fraction of sp³-hybridized carbons (Fsp3) is 0.868. The van der Waals surface area contributed by atoms with Gasteiger partial charge in [-0.15, -0.1) is 0 Å². The Kier molecular flexibility index (Phi) is 7.17. The Labute approximate surface area is 265 Å². The molecule has 6 aliphatic carbocycles. The van der Waals surface area contributed by atoms with E-state index in [1.54, 1.807) is 0 Å².